The quantitative estimate of drug-likeness (QED) is 0.434. The highest BCUT2D eigenvalue weighted by Crippen LogP contribution is 2.45. The van der Waals surface area contributed by atoms with Gasteiger partial charge in [0.1, 0.15) is 22.9 Å². The second-order valence-electron chi connectivity index (χ2n) is 9.00. The molecule has 1 amide bonds. The molecule has 34 heavy (non-hydrogen) atoms. The Morgan fingerprint density at radius 3 is 2.74 bits per heavy atom. The molecule has 7 nitrogen and oxygen atoms in total. The van der Waals surface area contributed by atoms with Crippen LogP contribution in [0.25, 0.3) is 11.3 Å². The minimum absolute atomic E-state index is 0.0261. The Morgan fingerprint density at radius 2 is 2.00 bits per heavy atom. The minimum Gasteiger partial charge on any atom is -0.507 e. The smallest absolute Gasteiger partial charge is 0.273 e. The first kappa shape index (κ1) is 22.5. The number of aromatic amines is 1. The van der Waals surface area contributed by atoms with Crippen LogP contribution in [0, 0.1) is 0 Å². The summed E-state index contributed by atoms with van der Waals surface area (Å²) in [7, 11) is 0. The third-order valence-corrected chi connectivity index (χ3v) is 6.66. The molecule has 2 aliphatic heterocycles. The highest BCUT2D eigenvalue weighted by molar-refractivity contribution is 6.00. The van der Waals surface area contributed by atoms with Crippen LogP contribution in [0.4, 0.5) is 0 Å². The number of para-hydroxylation sites is 1. The van der Waals surface area contributed by atoms with E-state index < -0.39 is 0 Å². The number of nitrogens with one attached hydrogen (secondary N) is 1. The maximum Gasteiger partial charge on any atom is 0.273 e. The van der Waals surface area contributed by atoms with E-state index in [2.05, 4.69) is 17.1 Å². The van der Waals surface area contributed by atoms with Crippen LogP contribution in [0.15, 0.2) is 48.5 Å². The van der Waals surface area contributed by atoms with E-state index in [1.165, 1.54) is 0 Å². The first-order valence-electron chi connectivity index (χ1n) is 12.2. The summed E-state index contributed by atoms with van der Waals surface area (Å²) in [5.74, 6) is 0.865. The zero-order valence-corrected chi connectivity index (χ0v) is 19.5. The van der Waals surface area contributed by atoms with Crippen LogP contribution >= 0.6 is 0 Å². The van der Waals surface area contributed by atoms with Crippen molar-refractivity contribution < 1.29 is 19.4 Å². The highest BCUT2D eigenvalue weighted by atomic mass is 16.5. The van der Waals surface area contributed by atoms with Crippen molar-refractivity contribution in [2.24, 2.45) is 0 Å². The number of benzene rings is 2. The van der Waals surface area contributed by atoms with E-state index in [-0.39, 0.29) is 23.8 Å². The van der Waals surface area contributed by atoms with E-state index in [4.69, 9.17) is 9.47 Å². The average molecular weight is 462 g/mol. The van der Waals surface area contributed by atoms with Crippen molar-refractivity contribution in [3.63, 3.8) is 0 Å². The van der Waals surface area contributed by atoms with Crippen LogP contribution in [-0.2, 0) is 4.74 Å². The third-order valence-electron chi connectivity index (χ3n) is 6.66. The lowest BCUT2D eigenvalue weighted by Crippen LogP contribution is -2.36. The lowest BCUT2D eigenvalue weighted by atomic mass is 9.95. The molecule has 2 aliphatic rings. The SMILES string of the molecule is CCCCCOc1ccc([C@H]2c3c(-c4ccccc4O)n[nH]c3C(=O)N2C[C@@H]2CCCO2)cc1. The molecule has 0 saturated carbocycles. The lowest BCUT2D eigenvalue weighted by molar-refractivity contribution is 0.0495. The number of aromatic nitrogens is 2. The van der Waals surface area contributed by atoms with Gasteiger partial charge in [-0.25, -0.2) is 0 Å². The molecular formula is C27H31N3O4. The van der Waals surface area contributed by atoms with Crippen molar-refractivity contribution in [3.8, 4) is 22.8 Å². The van der Waals surface area contributed by atoms with Crippen LogP contribution in [0.2, 0.25) is 0 Å². The molecule has 7 heteroatoms. The van der Waals surface area contributed by atoms with Gasteiger partial charge in [0.2, 0.25) is 0 Å². The van der Waals surface area contributed by atoms with E-state index in [1.54, 1.807) is 12.1 Å². The molecular weight excluding hydrogens is 430 g/mol. The van der Waals surface area contributed by atoms with Crippen LogP contribution in [-0.4, -0.2) is 52.0 Å². The molecule has 178 valence electrons. The number of phenolic OH excluding ortho intramolecular Hbond substituents is 1. The van der Waals surface area contributed by atoms with Gasteiger partial charge in [-0.2, -0.15) is 5.10 Å². The van der Waals surface area contributed by atoms with Gasteiger partial charge in [-0.15, -0.1) is 0 Å². The predicted molar refractivity (Wildman–Crippen MR) is 129 cm³/mol. The zero-order chi connectivity index (χ0) is 23.5. The first-order chi connectivity index (χ1) is 16.7. The van der Waals surface area contributed by atoms with Crippen LogP contribution < -0.4 is 4.74 Å². The van der Waals surface area contributed by atoms with Gasteiger partial charge in [-0.1, -0.05) is 44.0 Å². The number of amides is 1. The molecule has 0 radical (unpaired) electrons. The number of ether oxygens (including phenoxy) is 2. The topological polar surface area (TPSA) is 87.7 Å². The molecule has 1 fully saturated rings. The largest absolute Gasteiger partial charge is 0.507 e. The van der Waals surface area contributed by atoms with Crippen LogP contribution in [0.1, 0.15) is 66.7 Å². The molecule has 0 spiro atoms. The average Bonchev–Trinajstić information content (AvgIpc) is 3.58. The molecule has 3 aromatic rings. The number of phenols is 1. The summed E-state index contributed by atoms with van der Waals surface area (Å²) in [4.78, 5) is 15.4. The van der Waals surface area contributed by atoms with Crippen molar-refractivity contribution in [1.29, 1.82) is 0 Å². The monoisotopic (exact) mass is 461 g/mol. The second-order valence-corrected chi connectivity index (χ2v) is 9.00. The number of hydrogen-bond donors (Lipinski definition) is 2. The first-order valence-corrected chi connectivity index (χ1v) is 12.2. The molecule has 0 bridgehead atoms. The van der Waals surface area contributed by atoms with E-state index in [1.807, 2.05) is 41.3 Å². The molecule has 1 aromatic heterocycles. The fourth-order valence-electron chi connectivity index (χ4n) is 4.91. The second kappa shape index (κ2) is 9.89. The van der Waals surface area contributed by atoms with Gasteiger partial charge < -0.3 is 19.5 Å². The molecule has 2 N–H and O–H groups in total. The number of nitrogens with zero attached hydrogens (tertiary/aromatic N) is 2. The van der Waals surface area contributed by atoms with Gasteiger partial charge in [0.15, 0.2) is 0 Å². The summed E-state index contributed by atoms with van der Waals surface area (Å²) in [6, 6.07) is 14.7. The molecule has 0 aliphatic carbocycles. The molecule has 2 aromatic carbocycles. The Hall–Kier alpha value is -3.32. The maximum atomic E-state index is 13.5. The fraction of sp³-hybridized carbons (Fsp3) is 0.407. The fourth-order valence-corrected chi connectivity index (χ4v) is 4.91. The number of H-pyrrole nitrogens is 1. The summed E-state index contributed by atoms with van der Waals surface area (Å²) < 4.78 is 11.8. The Balaban J connectivity index is 1.50. The normalized spacial score (nSPS) is 19.6. The van der Waals surface area contributed by atoms with E-state index in [9.17, 15) is 9.90 Å². The number of rotatable bonds is 9. The minimum atomic E-state index is -0.325. The number of carbonyl (C=O) groups is 1. The highest BCUT2D eigenvalue weighted by Gasteiger charge is 2.43. The van der Waals surface area contributed by atoms with Crippen molar-refractivity contribution in [3.05, 3.63) is 65.4 Å². The molecule has 1 saturated heterocycles. The number of unbranched alkanes of at least 4 members (excludes halogenated alkanes) is 2. The van der Waals surface area contributed by atoms with Gasteiger partial charge >= 0.3 is 0 Å². The van der Waals surface area contributed by atoms with Gasteiger partial charge in [-0.05, 0) is 49.1 Å². The molecule has 2 atom stereocenters. The summed E-state index contributed by atoms with van der Waals surface area (Å²) in [6.45, 7) is 4.12. The van der Waals surface area contributed by atoms with Gasteiger partial charge in [0.25, 0.3) is 5.91 Å². The van der Waals surface area contributed by atoms with Gasteiger partial charge in [0.05, 0.1) is 18.8 Å². The van der Waals surface area contributed by atoms with Crippen molar-refractivity contribution in [1.82, 2.24) is 15.1 Å². The van der Waals surface area contributed by atoms with Gasteiger partial charge in [-0.3, -0.25) is 9.89 Å². The van der Waals surface area contributed by atoms with Crippen molar-refractivity contribution in [2.75, 3.05) is 19.8 Å². The Labute approximate surface area is 199 Å². The number of aromatic hydroxyl groups is 1. The maximum absolute atomic E-state index is 13.5. The number of hydrogen-bond acceptors (Lipinski definition) is 5. The summed E-state index contributed by atoms with van der Waals surface area (Å²) in [6.07, 6.45) is 5.33. The standard InChI is InChI=1S/C27H31N3O4/c1-2-3-6-15-33-19-13-11-18(12-14-19)26-23-24(21-9-4-5-10-22(21)31)28-29-25(23)27(32)30(26)17-20-8-7-16-34-20/h4-5,9-14,20,26,31H,2-3,6-8,15-17H2,1H3,(H,28,29)/t20-,26-/m0/s1. The van der Waals surface area contributed by atoms with E-state index in [0.717, 1.165) is 55.6 Å². The van der Waals surface area contributed by atoms with E-state index >= 15 is 0 Å². The lowest BCUT2D eigenvalue weighted by Gasteiger charge is -2.28. The number of carbonyl (C=O) groups excluding carboxylic acids is 1. The Bertz CT molecular complexity index is 1140. The van der Waals surface area contributed by atoms with E-state index in [0.29, 0.717) is 30.1 Å². The van der Waals surface area contributed by atoms with Crippen molar-refractivity contribution in [2.45, 2.75) is 51.2 Å². The Kier molecular flexibility index (Phi) is 6.54. The molecule has 0 unspecified atom stereocenters. The summed E-state index contributed by atoms with van der Waals surface area (Å²) >= 11 is 0. The molecule has 5 rings (SSSR count). The van der Waals surface area contributed by atoms with Crippen LogP contribution in [0.5, 0.6) is 11.5 Å². The predicted octanol–water partition coefficient (Wildman–Crippen LogP) is 5.08. The van der Waals surface area contributed by atoms with Crippen LogP contribution in [0.3, 0.4) is 0 Å². The summed E-state index contributed by atoms with van der Waals surface area (Å²) in [5.41, 5.74) is 3.44. The van der Waals surface area contributed by atoms with Gasteiger partial charge in [0, 0.05) is 24.3 Å². The summed E-state index contributed by atoms with van der Waals surface area (Å²) in [5, 5.41) is 17.9. The Morgan fingerprint density at radius 1 is 1.18 bits per heavy atom. The number of fused-ring (bicyclic) bond motifs is 1. The molecule has 3 heterocycles. The third kappa shape index (κ3) is 4.28. The van der Waals surface area contributed by atoms with Crippen molar-refractivity contribution >= 4 is 5.91 Å². The zero-order valence-electron chi connectivity index (χ0n) is 19.5.